The van der Waals surface area contributed by atoms with Crippen molar-refractivity contribution in [3.8, 4) is 0 Å². The summed E-state index contributed by atoms with van der Waals surface area (Å²) in [6.07, 6.45) is -3.01. The second-order valence-electron chi connectivity index (χ2n) is 3.82. The normalized spacial score (nSPS) is 37.4. The molecule has 0 aromatic heterocycles. The molecule has 0 amide bonds. The van der Waals surface area contributed by atoms with Crippen LogP contribution >= 0.6 is 22.6 Å². The van der Waals surface area contributed by atoms with Gasteiger partial charge in [-0.3, -0.25) is 9.59 Å². The zero-order chi connectivity index (χ0) is 13.2. The number of carbonyl (C=O) groups is 2. The second-order valence-corrected chi connectivity index (χ2v) is 5.26. The highest BCUT2D eigenvalue weighted by Crippen LogP contribution is 2.29. The average molecular weight is 358 g/mol. The Labute approximate surface area is 113 Å². The molecule has 0 saturated carbocycles. The van der Waals surface area contributed by atoms with E-state index >= 15 is 0 Å². The molecule has 1 aliphatic rings. The van der Waals surface area contributed by atoms with Crippen LogP contribution in [0.15, 0.2) is 0 Å². The van der Waals surface area contributed by atoms with E-state index < -0.39 is 40.5 Å². The van der Waals surface area contributed by atoms with Crippen LogP contribution in [0.2, 0.25) is 0 Å². The van der Waals surface area contributed by atoms with Crippen molar-refractivity contribution in [2.24, 2.45) is 0 Å². The van der Waals surface area contributed by atoms with Crippen LogP contribution in [0, 0.1) is 0 Å². The van der Waals surface area contributed by atoms with E-state index in [0.717, 1.165) is 0 Å². The largest absolute Gasteiger partial charge is 0.457 e. The molecule has 1 fully saturated rings. The van der Waals surface area contributed by atoms with E-state index in [0.29, 0.717) is 0 Å². The molecule has 17 heavy (non-hydrogen) atoms. The van der Waals surface area contributed by atoms with E-state index in [2.05, 4.69) is 0 Å². The van der Waals surface area contributed by atoms with Crippen LogP contribution in [-0.4, -0.2) is 45.6 Å². The topological polar surface area (TPSA) is 82.1 Å². The number of alkyl halides is 1. The van der Waals surface area contributed by atoms with E-state index in [1.54, 1.807) is 6.92 Å². The predicted octanol–water partition coefficient (Wildman–Crippen LogP) is 0.391. The SMILES string of the molecule is CC(=O)O[C@H]1[C@H](C)OC(O)C(I)[C@@H]1OC(C)=O. The molecule has 1 aliphatic heterocycles. The van der Waals surface area contributed by atoms with Crippen LogP contribution in [-0.2, 0) is 23.8 Å². The smallest absolute Gasteiger partial charge is 0.303 e. The van der Waals surface area contributed by atoms with Crippen molar-refractivity contribution >= 4 is 34.5 Å². The molecule has 1 rings (SSSR count). The minimum atomic E-state index is -1.05. The van der Waals surface area contributed by atoms with Gasteiger partial charge in [0.25, 0.3) is 0 Å². The van der Waals surface area contributed by atoms with Gasteiger partial charge in [0.05, 0.1) is 6.10 Å². The molecule has 6 nitrogen and oxygen atoms in total. The summed E-state index contributed by atoms with van der Waals surface area (Å²) in [5.41, 5.74) is 0. The molecule has 2 unspecified atom stereocenters. The molecule has 1 N–H and O–H groups in total. The third-order valence-corrected chi connectivity index (χ3v) is 3.65. The Morgan fingerprint density at radius 3 is 2.12 bits per heavy atom. The Balaban J connectivity index is 2.86. The first kappa shape index (κ1) is 14.7. The van der Waals surface area contributed by atoms with Crippen molar-refractivity contribution in [1.82, 2.24) is 0 Å². The lowest BCUT2D eigenvalue weighted by molar-refractivity contribution is -0.234. The van der Waals surface area contributed by atoms with Crippen molar-refractivity contribution in [3.05, 3.63) is 0 Å². The molecule has 0 bridgehead atoms. The van der Waals surface area contributed by atoms with Gasteiger partial charge in [0.2, 0.25) is 0 Å². The lowest BCUT2D eigenvalue weighted by Gasteiger charge is -2.40. The van der Waals surface area contributed by atoms with Crippen LogP contribution < -0.4 is 0 Å². The fourth-order valence-electron chi connectivity index (χ4n) is 1.66. The monoisotopic (exact) mass is 358 g/mol. The number of carbonyl (C=O) groups excluding carboxylic acids is 2. The molecule has 98 valence electrons. The molecule has 7 heteroatoms. The van der Waals surface area contributed by atoms with Gasteiger partial charge in [-0.15, -0.1) is 0 Å². The third-order valence-electron chi connectivity index (χ3n) is 2.33. The van der Waals surface area contributed by atoms with E-state index in [9.17, 15) is 14.7 Å². The molecule has 0 aromatic carbocycles. The molecule has 0 aliphatic carbocycles. The summed E-state index contributed by atoms with van der Waals surface area (Å²) in [6, 6.07) is 0. The number of hydrogen-bond donors (Lipinski definition) is 1. The summed E-state index contributed by atoms with van der Waals surface area (Å²) in [4.78, 5) is 22.0. The highest BCUT2D eigenvalue weighted by molar-refractivity contribution is 14.1. The number of rotatable bonds is 2. The van der Waals surface area contributed by atoms with E-state index in [4.69, 9.17) is 14.2 Å². The van der Waals surface area contributed by atoms with Gasteiger partial charge in [0.1, 0.15) is 3.92 Å². The number of hydrogen-bond acceptors (Lipinski definition) is 6. The van der Waals surface area contributed by atoms with Crippen LogP contribution in [0.25, 0.3) is 0 Å². The highest BCUT2D eigenvalue weighted by atomic mass is 127. The quantitative estimate of drug-likeness (QED) is 0.437. The number of aliphatic hydroxyl groups excluding tert-OH is 1. The summed E-state index contributed by atoms with van der Waals surface area (Å²) in [6.45, 7) is 4.18. The van der Waals surface area contributed by atoms with Crippen LogP contribution in [0.5, 0.6) is 0 Å². The fourth-order valence-corrected chi connectivity index (χ4v) is 2.39. The number of esters is 2. The van der Waals surface area contributed by atoms with Gasteiger partial charge in [-0.05, 0) is 6.92 Å². The lowest BCUT2D eigenvalue weighted by Crippen LogP contribution is -2.57. The minimum absolute atomic E-state index is 0.484. The maximum absolute atomic E-state index is 11.0. The molecular weight excluding hydrogens is 343 g/mol. The van der Waals surface area contributed by atoms with Gasteiger partial charge in [-0.1, -0.05) is 22.6 Å². The number of halogens is 1. The first-order chi connectivity index (χ1) is 7.82. The second kappa shape index (κ2) is 5.96. The molecule has 5 atom stereocenters. The molecule has 1 saturated heterocycles. The molecule has 0 aromatic rings. The zero-order valence-corrected chi connectivity index (χ0v) is 11.9. The van der Waals surface area contributed by atoms with E-state index in [1.165, 1.54) is 13.8 Å². The fraction of sp³-hybridized carbons (Fsp3) is 0.800. The van der Waals surface area contributed by atoms with Gasteiger partial charge in [0, 0.05) is 13.8 Å². The van der Waals surface area contributed by atoms with E-state index in [-0.39, 0.29) is 0 Å². The van der Waals surface area contributed by atoms with Crippen molar-refractivity contribution in [1.29, 1.82) is 0 Å². The number of ether oxygens (including phenoxy) is 3. The maximum Gasteiger partial charge on any atom is 0.303 e. The van der Waals surface area contributed by atoms with Gasteiger partial charge < -0.3 is 19.3 Å². The van der Waals surface area contributed by atoms with Crippen molar-refractivity contribution in [2.75, 3.05) is 0 Å². The van der Waals surface area contributed by atoms with E-state index in [1.807, 2.05) is 22.6 Å². The minimum Gasteiger partial charge on any atom is -0.457 e. The summed E-state index contributed by atoms with van der Waals surface area (Å²) in [5, 5.41) is 9.62. The standard InChI is InChI=1S/C10H15IO6/c1-4-8(16-5(2)12)9(17-6(3)13)7(11)10(14)15-4/h4,7-10,14H,1-3H3/t4-,7?,8-,9-,10?/m0/s1. The Hall–Kier alpha value is -0.410. The Morgan fingerprint density at radius 1 is 1.18 bits per heavy atom. The van der Waals surface area contributed by atoms with Crippen molar-refractivity contribution in [2.45, 2.75) is 49.3 Å². The first-order valence-corrected chi connectivity index (χ1v) is 6.39. The van der Waals surface area contributed by atoms with Crippen LogP contribution in [0.1, 0.15) is 20.8 Å². The van der Waals surface area contributed by atoms with Gasteiger partial charge in [-0.2, -0.15) is 0 Å². The molecule has 1 heterocycles. The third kappa shape index (κ3) is 3.78. The zero-order valence-electron chi connectivity index (χ0n) is 9.75. The maximum atomic E-state index is 11.0. The summed E-state index contributed by atoms with van der Waals surface area (Å²) in [7, 11) is 0. The van der Waals surface area contributed by atoms with Crippen LogP contribution in [0.3, 0.4) is 0 Å². The van der Waals surface area contributed by atoms with Gasteiger partial charge >= 0.3 is 11.9 Å². The van der Waals surface area contributed by atoms with Crippen molar-refractivity contribution < 1.29 is 28.9 Å². The first-order valence-electron chi connectivity index (χ1n) is 5.15. The van der Waals surface area contributed by atoms with Gasteiger partial charge in [-0.25, -0.2) is 0 Å². The summed E-state index contributed by atoms with van der Waals surface area (Å²) in [5.74, 6) is -0.974. The Kier molecular flexibility index (Phi) is 5.14. The summed E-state index contributed by atoms with van der Waals surface area (Å²) < 4.78 is 14.9. The number of aliphatic hydroxyl groups is 1. The molecular formula is C10H15IO6. The Morgan fingerprint density at radius 2 is 1.65 bits per heavy atom. The lowest BCUT2D eigenvalue weighted by atomic mass is 10.0. The average Bonchev–Trinajstić information content (AvgIpc) is 2.19. The van der Waals surface area contributed by atoms with Gasteiger partial charge in [0.15, 0.2) is 18.5 Å². The summed E-state index contributed by atoms with van der Waals surface area (Å²) >= 11 is 1.91. The van der Waals surface area contributed by atoms with Crippen LogP contribution in [0.4, 0.5) is 0 Å². The van der Waals surface area contributed by atoms with Crippen molar-refractivity contribution in [3.63, 3.8) is 0 Å². The Bertz CT molecular complexity index is 307. The molecule has 0 spiro atoms. The highest BCUT2D eigenvalue weighted by Gasteiger charge is 2.46. The molecule has 0 radical (unpaired) electrons. The predicted molar refractivity (Wildman–Crippen MR) is 65.5 cm³/mol.